The third kappa shape index (κ3) is 10.7. The summed E-state index contributed by atoms with van der Waals surface area (Å²) in [6, 6.07) is 10.8. The van der Waals surface area contributed by atoms with E-state index in [9.17, 15) is 0 Å². The van der Waals surface area contributed by atoms with E-state index in [0.717, 1.165) is 6.42 Å². The third-order valence-corrected chi connectivity index (χ3v) is 3.84. The lowest BCUT2D eigenvalue weighted by atomic mass is 9.93. The first kappa shape index (κ1) is 21.0. The van der Waals surface area contributed by atoms with Crippen molar-refractivity contribution in [3.8, 4) is 0 Å². The lowest BCUT2D eigenvalue weighted by Crippen LogP contribution is -1.95. The lowest BCUT2D eigenvalue weighted by Gasteiger charge is -2.12. The van der Waals surface area contributed by atoms with E-state index >= 15 is 0 Å². The van der Waals surface area contributed by atoms with Gasteiger partial charge in [-0.15, -0.1) is 6.58 Å². The molecule has 2 atom stereocenters. The number of benzene rings is 1. The summed E-state index contributed by atoms with van der Waals surface area (Å²) in [4.78, 5) is 0. The Morgan fingerprint density at radius 1 is 1.23 bits per heavy atom. The molecule has 1 rings (SSSR count). The van der Waals surface area contributed by atoms with Gasteiger partial charge in [0.25, 0.3) is 0 Å². The predicted molar refractivity (Wildman–Crippen MR) is 103 cm³/mol. The minimum atomic E-state index is 0.184. The van der Waals surface area contributed by atoms with E-state index in [1.165, 1.54) is 24.8 Å². The Hall–Kier alpha value is -0.990. The molecule has 0 bridgehead atoms. The van der Waals surface area contributed by atoms with Crippen molar-refractivity contribution in [3.63, 3.8) is 0 Å². The highest BCUT2D eigenvalue weighted by Gasteiger charge is 2.05. The molecular weight excluding hydrogens is 288 g/mol. The Bertz CT molecular complexity index is 384. The Morgan fingerprint density at radius 3 is 2.36 bits per heavy atom. The minimum absolute atomic E-state index is 0.184. The van der Waals surface area contributed by atoms with Gasteiger partial charge in [0.2, 0.25) is 0 Å². The summed E-state index contributed by atoms with van der Waals surface area (Å²) in [7, 11) is 0. The van der Waals surface area contributed by atoms with Crippen LogP contribution in [0.15, 0.2) is 55.1 Å². The molecule has 0 saturated heterocycles. The molecule has 0 amide bonds. The molecular formula is C20H32OS. The second kappa shape index (κ2) is 14.9. The van der Waals surface area contributed by atoms with Crippen LogP contribution in [0.1, 0.15) is 51.0 Å². The van der Waals surface area contributed by atoms with Gasteiger partial charge in [-0.25, -0.2) is 0 Å². The van der Waals surface area contributed by atoms with Crippen LogP contribution in [-0.2, 0) is 0 Å². The summed E-state index contributed by atoms with van der Waals surface area (Å²) in [6.07, 6.45) is 11.4. The maximum absolute atomic E-state index is 7.80. The number of hydrogen-bond acceptors (Lipinski definition) is 2. The first-order valence-corrected chi connectivity index (χ1v) is 8.86. The first-order chi connectivity index (χ1) is 10.7. The molecule has 0 aliphatic rings. The summed E-state index contributed by atoms with van der Waals surface area (Å²) in [5, 5.41) is 7.80. The van der Waals surface area contributed by atoms with Gasteiger partial charge in [0.1, 0.15) is 0 Å². The number of rotatable bonds is 9. The van der Waals surface area contributed by atoms with Crippen molar-refractivity contribution in [2.45, 2.75) is 45.4 Å². The SMILES string of the molecule is C=CC(C)CCC=CCC(CC)c1ccccc1.OCCS. The molecule has 0 saturated carbocycles. The summed E-state index contributed by atoms with van der Waals surface area (Å²) in [6.45, 7) is 8.49. The van der Waals surface area contributed by atoms with Crippen molar-refractivity contribution in [2.75, 3.05) is 12.4 Å². The molecule has 0 heterocycles. The summed E-state index contributed by atoms with van der Waals surface area (Å²) in [5.41, 5.74) is 1.46. The largest absolute Gasteiger partial charge is 0.396 e. The molecule has 0 aliphatic heterocycles. The van der Waals surface area contributed by atoms with Crippen LogP contribution < -0.4 is 0 Å². The molecule has 22 heavy (non-hydrogen) atoms. The zero-order valence-corrected chi connectivity index (χ0v) is 15.0. The van der Waals surface area contributed by atoms with Crippen LogP contribution in [0.25, 0.3) is 0 Å². The molecule has 0 radical (unpaired) electrons. The molecule has 124 valence electrons. The Morgan fingerprint density at radius 2 is 1.86 bits per heavy atom. The standard InChI is InChI=1S/C18H26.C2H6OS/c1-4-16(3)12-8-6-9-13-17(5-2)18-14-10-7-11-15-18;3-1-2-4/h4,6-7,9-11,14-17H,1,5,8,12-13H2,2-3H3;3-4H,1-2H2. The zero-order chi connectivity index (χ0) is 16.6. The van der Waals surface area contributed by atoms with Crippen molar-refractivity contribution in [2.24, 2.45) is 5.92 Å². The van der Waals surface area contributed by atoms with E-state index in [1.54, 1.807) is 0 Å². The smallest absolute Gasteiger partial charge is 0.0519 e. The Kier molecular flexibility index (Phi) is 14.3. The number of hydrogen-bond donors (Lipinski definition) is 2. The normalized spacial score (nSPS) is 13.3. The van der Waals surface area contributed by atoms with Crippen LogP contribution >= 0.6 is 12.6 Å². The van der Waals surface area contributed by atoms with Crippen molar-refractivity contribution < 1.29 is 5.11 Å². The van der Waals surface area contributed by atoms with E-state index < -0.39 is 0 Å². The zero-order valence-electron chi connectivity index (χ0n) is 14.1. The molecule has 1 aromatic carbocycles. The maximum Gasteiger partial charge on any atom is 0.0519 e. The average Bonchev–Trinajstić information content (AvgIpc) is 2.58. The lowest BCUT2D eigenvalue weighted by molar-refractivity contribution is 0.323. The van der Waals surface area contributed by atoms with Gasteiger partial charge in [-0.2, -0.15) is 12.6 Å². The van der Waals surface area contributed by atoms with Gasteiger partial charge in [-0.05, 0) is 43.1 Å². The molecule has 1 nitrogen and oxygen atoms in total. The molecule has 0 spiro atoms. The van der Waals surface area contributed by atoms with Crippen LogP contribution in [0.3, 0.4) is 0 Å². The van der Waals surface area contributed by atoms with Gasteiger partial charge < -0.3 is 5.11 Å². The number of thiol groups is 1. The van der Waals surface area contributed by atoms with Crippen molar-refractivity contribution >= 4 is 12.6 Å². The Labute approximate surface area is 142 Å². The number of allylic oxidation sites excluding steroid dienone is 3. The summed E-state index contributed by atoms with van der Waals surface area (Å²) < 4.78 is 0. The fourth-order valence-electron chi connectivity index (χ4n) is 2.12. The van der Waals surface area contributed by atoms with Crippen LogP contribution in [0.5, 0.6) is 0 Å². The molecule has 0 fully saturated rings. The van der Waals surface area contributed by atoms with Crippen molar-refractivity contribution in [1.29, 1.82) is 0 Å². The number of aliphatic hydroxyl groups excluding tert-OH is 1. The van der Waals surface area contributed by atoms with Gasteiger partial charge >= 0.3 is 0 Å². The van der Waals surface area contributed by atoms with E-state index in [2.05, 4.69) is 75.5 Å². The minimum Gasteiger partial charge on any atom is -0.396 e. The molecule has 1 aromatic rings. The second-order valence-electron chi connectivity index (χ2n) is 5.46. The third-order valence-electron chi connectivity index (χ3n) is 3.64. The predicted octanol–water partition coefficient (Wildman–Crippen LogP) is 5.64. The fraction of sp³-hybridized carbons (Fsp3) is 0.500. The quantitative estimate of drug-likeness (QED) is 0.446. The van der Waals surface area contributed by atoms with E-state index in [0.29, 0.717) is 17.6 Å². The average molecular weight is 321 g/mol. The number of aliphatic hydroxyl groups is 1. The molecule has 0 aliphatic carbocycles. The van der Waals surface area contributed by atoms with Gasteiger partial charge in [-0.1, -0.05) is 62.4 Å². The van der Waals surface area contributed by atoms with E-state index in [-0.39, 0.29) is 6.61 Å². The molecule has 0 aromatic heterocycles. The van der Waals surface area contributed by atoms with Gasteiger partial charge in [0.05, 0.1) is 6.61 Å². The fourth-order valence-corrected chi connectivity index (χ4v) is 2.12. The summed E-state index contributed by atoms with van der Waals surface area (Å²) >= 11 is 3.67. The first-order valence-electron chi connectivity index (χ1n) is 8.23. The highest BCUT2D eigenvalue weighted by Crippen LogP contribution is 2.23. The van der Waals surface area contributed by atoms with E-state index in [4.69, 9.17) is 5.11 Å². The van der Waals surface area contributed by atoms with Crippen LogP contribution in [0, 0.1) is 5.92 Å². The van der Waals surface area contributed by atoms with Gasteiger partial charge in [0, 0.05) is 5.75 Å². The molecule has 1 N–H and O–H groups in total. The van der Waals surface area contributed by atoms with Crippen molar-refractivity contribution in [3.05, 3.63) is 60.7 Å². The van der Waals surface area contributed by atoms with E-state index in [1.807, 2.05) is 6.08 Å². The monoisotopic (exact) mass is 320 g/mol. The van der Waals surface area contributed by atoms with Crippen LogP contribution in [-0.4, -0.2) is 17.5 Å². The Balaban J connectivity index is 0.000000980. The van der Waals surface area contributed by atoms with Gasteiger partial charge in [-0.3, -0.25) is 0 Å². The van der Waals surface area contributed by atoms with Crippen LogP contribution in [0.4, 0.5) is 0 Å². The highest BCUT2D eigenvalue weighted by molar-refractivity contribution is 7.80. The van der Waals surface area contributed by atoms with Crippen LogP contribution in [0.2, 0.25) is 0 Å². The summed E-state index contributed by atoms with van der Waals surface area (Å²) in [5.74, 6) is 1.87. The van der Waals surface area contributed by atoms with Gasteiger partial charge in [0.15, 0.2) is 0 Å². The second-order valence-corrected chi connectivity index (χ2v) is 5.91. The topological polar surface area (TPSA) is 20.2 Å². The highest BCUT2D eigenvalue weighted by atomic mass is 32.1. The molecule has 2 heteroatoms. The molecule has 2 unspecified atom stereocenters. The van der Waals surface area contributed by atoms with Crippen molar-refractivity contribution in [1.82, 2.24) is 0 Å². The maximum atomic E-state index is 7.80.